The SMILES string of the molecule is COCOc1c(OC)ccc2ccc3ccnc(C(=O)Nc4ccccc4)c3c12. The fourth-order valence-corrected chi connectivity index (χ4v) is 3.34. The molecule has 0 aliphatic heterocycles. The summed E-state index contributed by atoms with van der Waals surface area (Å²) in [5.74, 6) is 0.773. The van der Waals surface area contributed by atoms with Gasteiger partial charge in [0.2, 0.25) is 0 Å². The van der Waals surface area contributed by atoms with Crippen LogP contribution >= 0.6 is 0 Å². The third kappa shape index (κ3) is 3.58. The summed E-state index contributed by atoms with van der Waals surface area (Å²) in [6.07, 6.45) is 1.63. The second-order valence-electron chi connectivity index (χ2n) is 6.39. The van der Waals surface area contributed by atoms with Crippen LogP contribution in [0.5, 0.6) is 11.5 Å². The van der Waals surface area contributed by atoms with Crippen LogP contribution < -0.4 is 14.8 Å². The minimum atomic E-state index is -0.296. The van der Waals surface area contributed by atoms with E-state index in [1.54, 1.807) is 20.4 Å². The quantitative estimate of drug-likeness (QED) is 0.385. The lowest BCUT2D eigenvalue weighted by molar-refractivity contribution is 0.0504. The van der Waals surface area contributed by atoms with Crippen LogP contribution in [0.15, 0.2) is 66.9 Å². The van der Waals surface area contributed by atoms with Crippen molar-refractivity contribution in [3.63, 3.8) is 0 Å². The third-order valence-corrected chi connectivity index (χ3v) is 4.62. The standard InChI is InChI=1S/C23H20N2O4/c1-27-14-29-22-18(28-2)11-10-15-8-9-16-12-13-24-21(19(16)20(15)22)23(26)25-17-6-4-3-5-7-17/h3-13H,14H2,1-2H3,(H,25,26). The van der Waals surface area contributed by atoms with Gasteiger partial charge in [0.05, 0.1) is 7.11 Å². The van der Waals surface area contributed by atoms with E-state index in [1.807, 2.05) is 60.7 Å². The first-order valence-electron chi connectivity index (χ1n) is 9.09. The first-order chi connectivity index (χ1) is 14.2. The first-order valence-corrected chi connectivity index (χ1v) is 9.09. The highest BCUT2D eigenvalue weighted by Crippen LogP contribution is 2.40. The summed E-state index contributed by atoms with van der Waals surface area (Å²) in [6, 6.07) is 18.9. The van der Waals surface area contributed by atoms with Gasteiger partial charge in [0.1, 0.15) is 5.69 Å². The Morgan fingerprint density at radius 2 is 1.66 bits per heavy atom. The topological polar surface area (TPSA) is 69.7 Å². The highest BCUT2D eigenvalue weighted by Gasteiger charge is 2.19. The van der Waals surface area contributed by atoms with Crippen molar-refractivity contribution in [3.8, 4) is 11.5 Å². The summed E-state index contributed by atoms with van der Waals surface area (Å²) in [6.45, 7) is 0.0532. The Labute approximate surface area is 168 Å². The van der Waals surface area contributed by atoms with E-state index < -0.39 is 0 Å². The summed E-state index contributed by atoms with van der Waals surface area (Å²) in [7, 11) is 3.13. The Balaban J connectivity index is 1.95. The van der Waals surface area contributed by atoms with Crippen molar-refractivity contribution >= 4 is 33.1 Å². The molecule has 0 saturated heterocycles. The third-order valence-electron chi connectivity index (χ3n) is 4.62. The maximum Gasteiger partial charge on any atom is 0.274 e. The highest BCUT2D eigenvalue weighted by molar-refractivity contribution is 6.21. The molecule has 0 aliphatic rings. The van der Waals surface area contributed by atoms with E-state index in [4.69, 9.17) is 14.2 Å². The number of amides is 1. The summed E-state index contributed by atoms with van der Waals surface area (Å²) in [5, 5.41) is 6.15. The number of carbonyl (C=O) groups is 1. The Kier molecular flexibility index (Phi) is 5.27. The predicted octanol–water partition coefficient (Wildman–Crippen LogP) is 4.63. The Hall–Kier alpha value is -3.64. The van der Waals surface area contributed by atoms with E-state index in [0.29, 0.717) is 28.3 Å². The molecule has 0 unspecified atom stereocenters. The lowest BCUT2D eigenvalue weighted by Gasteiger charge is -2.16. The van der Waals surface area contributed by atoms with Crippen LogP contribution in [0.1, 0.15) is 10.5 Å². The van der Waals surface area contributed by atoms with Gasteiger partial charge >= 0.3 is 0 Å². The molecule has 146 valence electrons. The van der Waals surface area contributed by atoms with Gasteiger partial charge < -0.3 is 19.5 Å². The molecule has 3 aromatic carbocycles. The number of methoxy groups -OCH3 is 2. The number of carbonyl (C=O) groups excluding carboxylic acids is 1. The summed E-state index contributed by atoms with van der Waals surface area (Å²) in [4.78, 5) is 17.5. The highest BCUT2D eigenvalue weighted by atomic mass is 16.7. The molecule has 0 saturated carbocycles. The Morgan fingerprint density at radius 1 is 0.931 bits per heavy atom. The summed E-state index contributed by atoms with van der Waals surface area (Å²) < 4.78 is 16.4. The van der Waals surface area contributed by atoms with Crippen LogP contribution in [-0.2, 0) is 4.74 Å². The molecule has 4 rings (SSSR count). The molecule has 0 fully saturated rings. The normalized spacial score (nSPS) is 10.8. The number of nitrogens with zero attached hydrogens (tertiary/aromatic N) is 1. The zero-order valence-electron chi connectivity index (χ0n) is 16.1. The van der Waals surface area contributed by atoms with Crippen molar-refractivity contribution in [3.05, 3.63) is 72.6 Å². The molecule has 1 heterocycles. The molecule has 1 amide bonds. The lowest BCUT2D eigenvalue weighted by atomic mass is 9.99. The Morgan fingerprint density at radius 3 is 2.38 bits per heavy atom. The van der Waals surface area contributed by atoms with Gasteiger partial charge in [0.25, 0.3) is 5.91 Å². The Bertz CT molecular complexity index is 1180. The molecule has 29 heavy (non-hydrogen) atoms. The average Bonchev–Trinajstić information content (AvgIpc) is 2.77. The van der Waals surface area contributed by atoms with Crippen molar-refractivity contribution in [1.82, 2.24) is 4.98 Å². The van der Waals surface area contributed by atoms with E-state index >= 15 is 0 Å². The van der Waals surface area contributed by atoms with E-state index in [2.05, 4.69) is 10.3 Å². The van der Waals surface area contributed by atoms with Crippen LogP contribution in [0.4, 0.5) is 5.69 Å². The summed E-state index contributed by atoms with van der Waals surface area (Å²) >= 11 is 0. The maximum absolute atomic E-state index is 13.1. The number of benzene rings is 3. The number of hydrogen-bond acceptors (Lipinski definition) is 5. The number of fused-ring (bicyclic) bond motifs is 3. The number of rotatable bonds is 6. The molecule has 6 heteroatoms. The number of para-hydroxylation sites is 1. The second kappa shape index (κ2) is 8.16. The molecule has 1 aromatic heterocycles. The van der Waals surface area contributed by atoms with Crippen LogP contribution in [0.3, 0.4) is 0 Å². The minimum Gasteiger partial charge on any atom is -0.493 e. The zero-order valence-corrected chi connectivity index (χ0v) is 16.1. The fraction of sp³-hybridized carbons (Fsp3) is 0.130. The van der Waals surface area contributed by atoms with Crippen LogP contribution in [0.25, 0.3) is 21.5 Å². The lowest BCUT2D eigenvalue weighted by Crippen LogP contribution is -2.14. The van der Waals surface area contributed by atoms with Crippen molar-refractivity contribution in [2.45, 2.75) is 0 Å². The van der Waals surface area contributed by atoms with Gasteiger partial charge in [-0.2, -0.15) is 0 Å². The zero-order chi connectivity index (χ0) is 20.2. The fourth-order valence-electron chi connectivity index (χ4n) is 3.34. The van der Waals surface area contributed by atoms with E-state index in [-0.39, 0.29) is 12.7 Å². The second-order valence-corrected chi connectivity index (χ2v) is 6.39. The van der Waals surface area contributed by atoms with Crippen molar-refractivity contribution < 1.29 is 19.0 Å². The van der Waals surface area contributed by atoms with Crippen LogP contribution in [-0.4, -0.2) is 31.9 Å². The molecule has 0 aliphatic carbocycles. The van der Waals surface area contributed by atoms with Crippen molar-refractivity contribution in [2.75, 3.05) is 26.3 Å². The predicted molar refractivity (Wildman–Crippen MR) is 113 cm³/mol. The number of aromatic nitrogens is 1. The largest absolute Gasteiger partial charge is 0.493 e. The van der Waals surface area contributed by atoms with Gasteiger partial charge in [0.15, 0.2) is 18.3 Å². The molecule has 1 N–H and O–H groups in total. The number of ether oxygens (including phenoxy) is 3. The monoisotopic (exact) mass is 388 g/mol. The van der Waals surface area contributed by atoms with Gasteiger partial charge in [-0.15, -0.1) is 0 Å². The molecule has 6 nitrogen and oxygen atoms in total. The van der Waals surface area contributed by atoms with E-state index in [0.717, 1.165) is 16.2 Å². The molecule has 0 radical (unpaired) electrons. The van der Waals surface area contributed by atoms with E-state index in [9.17, 15) is 4.79 Å². The molecule has 0 atom stereocenters. The van der Waals surface area contributed by atoms with Gasteiger partial charge in [-0.25, -0.2) is 0 Å². The maximum atomic E-state index is 13.1. The molecule has 0 bridgehead atoms. The van der Waals surface area contributed by atoms with Crippen molar-refractivity contribution in [2.24, 2.45) is 0 Å². The van der Waals surface area contributed by atoms with Crippen LogP contribution in [0, 0.1) is 0 Å². The smallest absolute Gasteiger partial charge is 0.274 e. The van der Waals surface area contributed by atoms with E-state index in [1.165, 1.54) is 0 Å². The van der Waals surface area contributed by atoms with Crippen molar-refractivity contribution in [1.29, 1.82) is 0 Å². The number of pyridine rings is 1. The molecule has 4 aromatic rings. The average molecular weight is 388 g/mol. The minimum absolute atomic E-state index is 0.0532. The summed E-state index contributed by atoms with van der Waals surface area (Å²) in [5.41, 5.74) is 1.01. The van der Waals surface area contributed by atoms with Gasteiger partial charge in [-0.1, -0.05) is 36.4 Å². The molecular formula is C23H20N2O4. The van der Waals surface area contributed by atoms with Gasteiger partial charge in [-0.05, 0) is 35.0 Å². The molecule has 0 spiro atoms. The number of hydrogen-bond donors (Lipinski definition) is 1. The van der Waals surface area contributed by atoms with Gasteiger partial charge in [0, 0.05) is 29.8 Å². The molecular weight excluding hydrogens is 368 g/mol. The first kappa shape index (κ1) is 18.7. The van der Waals surface area contributed by atoms with Crippen LogP contribution in [0.2, 0.25) is 0 Å². The number of nitrogens with one attached hydrogen (secondary N) is 1. The van der Waals surface area contributed by atoms with Gasteiger partial charge in [-0.3, -0.25) is 9.78 Å². The number of anilines is 1.